The summed E-state index contributed by atoms with van der Waals surface area (Å²) in [6, 6.07) is 8.17. The van der Waals surface area contributed by atoms with E-state index in [9.17, 15) is 4.79 Å². The normalized spacial score (nSPS) is 14.7. The topological polar surface area (TPSA) is 58.1 Å². The number of rotatable bonds is 5. The van der Waals surface area contributed by atoms with Crippen molar-refractivity contribution >= 4 is 11.6 Å². The summed E-state index contributed by atoms with van der Waals surface area (Å²) in [7, 11) is 0. The average Bonchev–Trinajstić information content (AvgIpc) is 2.95. The van der Waals surface area contributed by atoms with E-state index in [4.69, 9.17) is 0 Å². The Balaban J connectivity index is 1.54. The van der Waals surface area contributed by atoms with Crippen molar-refractivity contribution in [3.63, 3.8) is 0 Å². The Hall–Kier alpha value is -2.27. The fourth-order valence-corrected chi connectivity index (χ4v) is 2.49. The molecule has 2 heterocycles. The Bertz CT molecular complexity index is 597. The molecule has 1 aromatic heterocycles. The Kier molecular flexibility index (Phi) is 4.21. The van der Waals surface area contributed by atoms with Gasteiger partial charge in [0.2, 0.25) is 5.91 Å². The van der Waals surface area contributed by atoms with Gasteiger partial charge in [-0.25, -0.2) is 9.97 Å². The van der Waals surface area contributed by atoms with Crippen LogP contribution < -0.4 is 10.2 Å². The number of benzene rings is 1. The third-order valence-electron chi connectivity index (χ3n) is 3.59. The van der Waals surface area contributed by atoms with Crippen molar-refractivity contribution in [2.24, 2.45) is 0 Å². The lowest BCUT2D eigenvalue weighted by molar-refractivity contribution is -0.117. The van der Waals surface area contributed by atoms with Crippen LogP contribution in [0.3, 0.4) is 0 Å². The fraction of sp³-hybridized carbons (Fsp3) is 0.312. The molecule has 0 radical (unpaired) electrons. The van der Waals surface area contributed by atoms with Crippen LogP contribution in [0, 0.1) is 0 Å². The number of anilines is 1. The van der Waals surface area contributed by atoms with Crippen LogP contribution in [0.4, 0.5) is 5.69 Å². The van der Waals surface area contributed by atoms with E-state index in [0.29, 0.717) is 6.42 Å². The molecular formula is C16H18N4O. The number of nitrogens with zero attached hydrogens (tertiary/aromatic N) is 3. The van der Waals surface area contributed by atoms with Gasteiger partial charge in [0.1, 0.15) is 6.33 Å². The second kappa shape index (κ2) is 6.45. The van der Waals surface area contributed by atoms with Gasteiger partial charge in [-0.05, 0) is 24.1 Å². The maximum Gasteiger partial charge on any atom is 0.227 e. The van der Waals surface area contributed by atoms with Crippen LogP contribution >= 0.6 is 0 Å². The van der Waals surface area contributed by atoms with Crippen molar-refractivity contribution in [1.82, 2.24) is 15.3 Å². The molecule has 0 spiro atoms. The Labute approximate surface area is 124 Å². The minimum atomic E-state index is 0.227. The van der Waals surface area contributed by atoms with Gasteiger partial charge in [0.15, 0.2) is 0 Å². The van der Waals surface area contributed by atoms with Gasteiger partial charge in [0.25, 0.3) is 0 Å². The molecule has 1 N–H and O–H groups in total. The smallest absolute Gasteiger partial charge is 0.227 e. The molecule has 2 aromatic rings. The van der Waals surface area contributed by atoms with Gasteiger partial charge >= 0.3 is 0 Å². The number of carbonyl (C=O) groups excluding carboxylic acids is 1. The predicted octanol–water partition coefficient (Wildman–Crippen LogP) is 1.89. The summed E-state index contributed by atoms with van der Waals surface area (Å²) < 4.78 is 0. The zero-order chi connectivity index (χ0) is 14.5. The fourth-order valence-electron chi connectivity index (χ4n) is 2.49. The van der Waals surface area contributed by atoms with Gasteiger partial charge in [0.05, 0.1) is 0 Å². The molecule has 1 aromatic carbocycles. The van der Waals surface area contributed by atoms with E-state index in [1.165, 1.54) is 11.9 Å². The first-order valence-electron chi connectivity index (χ1n) is 7.17. The van der Waals surface area contributed by atoms with Gasteiger partial charge in [-0.15, -0.1) is 0 Å². The monoisotopic (exact) mass is 282 g/mol. The molecule has 3 rings (SSSR count). The van der Waals surface area contributed by atoms with E-state index in [1.807, 2.05) is 29.4 Å². The number of nitrogens with one attached hydrogen (secondary N) is 1. The molecule has 1 amide bonds. The average molecular weight is 282 g/mol. The minimum Gasteiger partial charge on any atom is -0.312 e. The van der Waals surface area contributed by atoms with Gasteiger partial charge < -0.3 is 10.2 Å². The largest absolute Gasteiger partial charge is 0.312 e. The summed E-state index contributed by atoms with van der Waals surface area (Å²) in [4.78, 5) is 21.5. The van der Waals surface area contributed by atoms with Crippen molar-refractivity contribution in [3.8, 4) is 0 Å². The summed E-state index contributed by atoms with van der Waals surface area (Å²) in [6.07, 6.45) is 6.77. The number of aromatic nitrogens is 2. The lowest BCUT2D eigenvalue weighted by Crippen LogP contribution is -2.23. The second-order valence-corrected chi connectivity index (χ2v) is 5.17. The lowest BCUT2D eigenvalue weighted by Gasteiger charge is -2.16. The third kappa shape index (κ3) is 3.44. The summed E-state index contributed by atoms with van der Waals surface area (Å²) in [5.41, 5.74) is 3.26. The van der Waals surface area contributed by atoms with Gasteiger partial charge in [-0.3, -0.25) is 4.79 Å². The van der Waals surface area contributed by atoms with Crippen LogP contribution in [0.2, 0.25) is 0 Å². The summed E-state index contributed by atoms with van der Waals surface area (Å²) in [5.74, 6) is 0.227. The van der Waals surface area contributed by atoms with Crippen LogP contribution in [0.1, 0.15) is 24.0 Å². The first kappa shape index (κ1) is 13.7. The zero-order valence-electron chi connectivity index (χ0n) is 11.8. The molecule has 21 heavy (non-hydrogen) atoms. The molecule has 0 bridgehead atoms. The third-order valence-corrected chi connectivity index (χ3v) is 3.59. The number of hydrogen-bond donors (Lipinski definition) is 1. The summed E-state index contributed by atoms with van der Waals surface area (Å²) in [6.45, 7) is 2.36. The standard InChI is InChI=1S/C16H18N4O/c21-16-2-1-7-20(16)15-5-3-13(4-6-15)8-17-9-14-10-18-12-19-11-14/h3-6,10-12,17H,1-2,7-9H2. The van der Waals surface area contributed by atoms with Crippen LogP contribution in [0.5, 0.6) is 0 Å². The predicted molar refractivity (Wildman–Crippen MR) is 80.6 cm³/mol. The SMILES string of the molecule is O=C1CCCN1c1ccc(CNCc2cncnc2)cc1. The van der Waals surface area contributed by atoms with Crippen LogP contribution in [-0.2, 0) is 17.9 Å². The molecule has 0 saturated carbocycles. The second-order valence-electron chi connectivity index (χ2n) is 5.17. The van der Waals surface area contributed by atoms with Gasteiger partial charge in [-0.1, -0.05) is 12.1 Å². The number of hydrogen-bond acceptors (Lipinski definition) is 4. The first-order valence-corrected chi connectivity index (χ1v) is 7.17. The van der Waals surface area contributed by atoms with Crippen molar-refractivity contribution in [3.05, 3.63) is 54.1 Å². The highest BCUT2D eigenvalue weighted by Gasteiger charge is 2.21. The molecule has 0 atom stereocenters. The van der Waals surface area contributed by atoms with E-state index in [-0.39, 0.29) is 5.91 Å². The van der Waals surface area contributed by atoms with Gasteiger partial charge in [-0.2, -0.15) is 0 Å². The van der Waals surface area contributed by atoms with Gasteiger partial charge in [0, 0.05) is 49.7 Å². The van der Waals surface area contributed by atoms with E-state index in [1.54, 1.807) is 0 Å². The molecule has 5 heteroatoms. The van der Waals surface area contributed by atoms with E-state index in [0.717, 1.165) is 37.3 Å². The first-order chi connectivity index (χ1) is 10.3. The molecule has 1 aliphatic rings. The van der Waals surface area contributed by atoms with E-state index < -0.39 is 0 Å². The zero-order valence-corrected chi connectivity index (χ0v) is 11.8. The highest BCUT2D eigenvalue weighted by Crippen LogP contribution is 2.21. The highest BCUT2D eigenvalue weighted by atomic mass is 16.2. The van der Waals surface area contributed by atoms with Crippen LogP contribution in [0.15, 0.2) is 43.0 Å². The van der Waals surface area contributed by atoms with E-state index in [2.05, 4.69) is 27.4 Å². The van der Waals surface area contributed by atoms with Crippen LogP contribution in [0.25, 0.3) is 0 Å². The maximum atomic E-state index is 11.7. The van der Waals surface area contributed by atoms with Crippen molar-refractivity contribution < 1.29 is 4.79 Å². The Morgan fingerprint density at radius 1 is 1.05 bits per heavy atom. The molecule has 108 valence electrons. The lowest BCUT2D eigenvalue weighted by atomic mass is 10.2. The summed E-state index contributed by atoms with van der Waals surface area (Å²) in [5, 5.41) is 3.36. The number of carbonyl (C=O) groups is 1. The molecule has 5 nitrogen and oxygen atoms in total. The molecule has 0 aliphatic carbocycles. The summed E-state index contributed by atoms with van der Waals surface area (Å²) >= 11 is 0. The Morgan fingerprint density at radius 3 is 2.43 bits per heavy atom. The maximum absolute atomic E-state index is 11.7. The minimum absolute atomic E-state index is 0.227. The molecule has 1 fully saturated rings. The van der Waals surface area contributed by atoms with Crippen molar-refractivity contribution in [1.29, 1.82) is 0 Å². The number of amides is 1. The van der Waals surface area contributed by atoms with Crippen molar-refractivity contribution in [2.45, 2.75) is 25.9 Å². The Morgan fingerprint density at radius 2 is 1.76 bits per heavy atom. The highest BCUT2D eigenvalue weighted by molar-refractivity contribution is 5.95. The molecule has 0 unspecified atom stereocenters. The molecule has 1 saturated heterocycles. The van der Waals surface area contributed by atoms with Crippen molar-refractivity contribution in [2.75, 3.05) is 11.4 Å². The quantitative estimate of drug-likeness (QED) is 0.910. The molecule has 1 aliphatic heterocycles. The van der Waals surface area contributed by atoms with Crippen LogP contribution in [-0.4, -0.2) is 22.4 Å². The molecular weight excluding hydrogens is 264 g/mol. The van der Waals surface area contributed by atoms with E-state index >= 15 is 0 Å².